The molecule has 140 valence electrons. The van der Waals surface area contributed by atoms with Crippen molar-refractivity contribution >= 4 is 0 Å². The molecule has 3 unspecified atom stereocenters. The Morgan fingerprint density at radius 2 is 1.39 bits per heavy atom. The van der Waals surface area contributed by atoms with Gasteiger partial charge in [-0.1, -0.05) is 93.4 Å². The Bertz CT molecular complexity index is 269. The minimum absolute atomic E-state index is 0.271. The molecule has 0 aromatic heterocycles. The van der Waals surface area contributed by atoms with Gasteiger partial charge >= 0.3 is 0 Å². The monoisotopic (exact) mass is 326 g/mol. The fourth-order valence-corrected chi connectivity index (χ4v) is 4.24. The summed E-state index contributed by atoms with van der Waals surface area (Å²) < 4.78 is 0. The van der Waals surface area contributed by atoms with Crippen LogP contribution in [0, 0.1) is 29.1 Å². The van der Waals surface area contributed by atoms with Crippen LogP contribution in [-0.2, 0) is 0 Å². The molecule has 0 amide bonds. The number of hydrogen-bond donors (Lipinski definition) is 1. The normalized spacial score (nSPS) is 16.6. The number of aliphatic hydroxyl groups excluding tert-OH is 1. The minimum Gasteiger partial charge on any atom is -0.396 e. The molecule has 1 N–H and O–H groups in total. The first-order chi connectivity index (χ1) is 10.7. The summed E-state index contributed by atoms with van der Waals surface area (Å²) in [6, 6.07) is 0. The quantitative estimate of drug-likeness (QED) is 0.361. The van der Waals surface area contributed by atoms with Crippen molar-refractivity contribution in [2.45, 2.75) is 106 Å². The van der Waals surface area contributed by atoms with Gasteiger partial charge in [0.05, 0.1) is 0 Å². The first-order valence-corrected chi connectivity index (χ1v) is 10.3. The third-order valence-corrected chi connectivity index (χ3v) is 5.88. The molecular formula is C22H46O. The molecular weight excluding hydrogens is 280 g/mol. The Balaban J connectivity index is 4.19. The van der Waals surface area contributed by atoms with Crippen LogP contribution >= 0.6 is 0 Å². The van der Waals surface area contributed by atoms with E-state index in [1.165, 1.54) is 51.4 Å². The van der Waals surface area contributed by atoms with Gasteiger partial charge in [-0.05, 0) is 41.9 Å². The molecule has 0 saturated carbocycles. The maximum absolute atomic E-state index is 9.37. The SMILES string of the molecule is CCCC(C(C)CCCC(C)CCCC(C)C)C(C)(C)CCO. The number of aliphatic hydroxyl groups is 1. The highest BCUT2D eigenvalue weighted by Gasteiger charge is 2.32. The van der Waals surface area contributed by atoms with Crippen LogP contribution in [0.2, 0.25) is 0 Å². The van der Waals surface area contributed by atoms with E-state index in [9.17, 15) is 5.11 Å². The van der Waals surface area contributed by atoms with Crippen molar-refractivity contribution in [1.82, 2.24) is 0 Å². The Hall–Kier alpha value is -0.0400. The predicted octanol–water partition coefficient (Wildman–Crippen LogP) is 7.08. The largest absolute Gasteiger partial charge is 0.396 e. The summed E-state index contributed by atoms with van der Waals surface area (Å²) in [6.45, 7) is 16.9. The molecule has 0 radical (unpaired) electrons. The molecule has 0 aliphatic rings. The van der Waals surface area contributed by atoms with Gasteiger partial charge in [-0.25, -0.2) is 0 Å². The van der Waals surface area contributed by atoms with Gasteiger partial charge in [0.1, 0.15) is 0 Å². The van der Waals surface area contributed by atoms with Gasteiger partial charge in [0.15, 0.2) is 0 Å². The summed E-state index contributed by atoms with van der Waals surface area (Å²) in [4.78, 5) is 0. The third-order valence-electron chi connectivity index (χ3n) is 5.88. The van der Waals surface area contributed by atoms with Crippen LogP contribution in [0.25, 0.3) is 0 Å². The van der Waals surface area contributed by atoms with Crippen LogP contribution in [0.15, 0.2) is 0 Å². The molecule has 0 aliphatic heterocycles. The van der Waals surface area contributed by atoms with E-state index in [0.29, 0.717) is 6.61 Å². The lowest BCUT2D eigenvalue weighted by molar-refractivity contribution is 0.0911. The average molecular weight is 327 g/mol. The summed E-state index contributed by atoms with van der Waals surface area (Å²) >= 11 is 0. The van der Waals surface area contributed by atoms with E-state index in [0.717, 1.165) is 30.1 Å². The lowest BCUT2D eigenvalue weighted by Gasteiger charge is -2.38. The topological polar surface area (TPSA) is 20.2 Å². The summed E-state index contributed by atoms with van der Waals surface area (Å²) in [5.41, 5.74) is 0.271. The van der Waals surface area contributed by atoms with Crippen LogP contribution in [0.4, 0.5) is 0 Å². The first kappa shape index (κ1) is 23.0. The van der Waals surface area contributed by atoms with Crippen LogP contribution < -0.4 is 0 Å². The zero-order chi connectivity index (χ0) is 17.9. The molecule has 0 spiro atoms. The molecule has 0 saturated heterocycles. The summed E-state index contributed by atoms with van der Waals surface area (Å²) in [5, 5.41) is 9.37. The van der Waals surface area contributed by atoms with Gasteiger partial charge in [-0.3, -0.25) is 0 Å². The van der Waals surface area contributed by atoms with Crippen LogP contribution in [-0.4, -0.2) is 11.7 Å². The van der Waals surface area contributed by atoms with Gasteiger partial charge in [-0.15, -0.1) is 0 Å². The van der Waals surface area contributed by atoms with Gasteiger partial charge in [0.2, 0.25) is 0 Å². The highest BCUT2D eigenvalue weighted by Crippen LogP contribution is 2.40. The van der Waals surface area contributed by atoms with Crippen molar-refractivity contribution < 1.29 is 5.11 Å². The molecule has 0 aromatic rings. The second-order valence-corrected chi connectivity index (χ2v) is 9.20. The third kappa shape index (κ3) is 10.4. The van der Waals surface area contributed by atoms with Crippen LogP contribution in [0.1, 0.15) is 106 Å². The van der Waals surface area contributed by atoms with Crippen molar-refractivity contribution in [3.8, 4) is 0 Å². The Labute approximate surface area is 147 Å². The molecule has 3 atom stereocenters. The van der Waals surface area contributed by atoms with E-state index in [4.69, 9.17) is 0 Å². The van der Waals surface area contributed by atoms with Crippen molar-refractivity contribution in [2.75, 3.05) is 6.61 Å². The zero-order valence-corrected chi connectivity index (χ0v) is 17.3. The van der Waals surface area contributed by atoms with Crippen molar-refractivity contribution in [3.05, 3.63) is 0 Å². The van der Waals surface area contributed by atoms with E-state index < -0.39 is 0 Å². The highest BCUT2D eigenvalue weighted by molar-refractivity contribution is 4.82. The van der Waals surface area contributed by atoms with Gasteiger partial charge in [0.25, 0.3) is 0 Å². The molecule has 0 fully saturated rings. The van der Waals surface area contributed by atoms with Gasteiger partial charge in [0, 0.05) is 6.61 Å². The van der Waals surface area contributed by atoms with E-state index in [1.807, 2.05) is 0 Å². The van der Waals surface area contributed by atoms with Crippen LogP contribution in [0.5, 0.6) is 0 Å². The minimum atomic E-state index is 0.271. The maximum Gasteiger partial charge on any atom is 0.0436 e. The van der Waals surface area contributed by atoms with E-state index >= 15 is 0 Å². The molecule has 0 rings (SSSR count). The van der Waals surface area contributed by atoms with E-state index in [-0.39, 0.29) is 5.41 Å². The summed E-state index contributed by atoms with van der Waals surface area (Å²) in [6.07, 6.45) is 11.8. The maximum atomic E-state index is 9.37. The Morgan fingerprint density at radius 3 is 1.87 bits per heavy atom. The summed E-state index contributed by atoms with van der Waals surface area (Å²) in [7, 11) is 0. The molecule has 23 heavy (non-hydrogen) atoms. The Kier molecular flexibility index (Phi) is 12.3. The molecule has 1 heteroatoms. The fourth-order valence-electron chi connectivity index (χ4n) is 4.24. The molecule has 1 nitrogen and oxygen atoms in total. The zero-order valence-electron chi connectivity index (χ0n) is 17.3. The first-order valence-electron chi connectivity index (χ1n) is 10.3. The Morgan fingerprint density at radius 1 is 0.826 bits per heavy atom. The van der Waals surface area contributed by atoms with Crippen molar-refractivity contribution in [3.63, 3.8) is 0 Å². The second kappa shape index (κ2) is 12.3. The van der Waals surface area contributed by atoms with Gasteiger partial charge in [-0.2, -0.15) is 0 Å². The lowest BCUT2D eigenvalue weighted by atomic mass is 9.67. The smallest absolute Gasteiger partial charge is 0.0436 e. The van der Waals surface area contributed by atoms with Crippen molar-refractivity contribution in [2.24, 2.45) is 29.1 Å². The second-order valence-electron chi connectivity index (χ2n) is 9.20. The number of hydrogen-bond acceptors (Lipinski definition) is 1. The van der Waals surface area contributed by atoms with Crippen LogP contribution in [0.3, 0.4) is 0 Å². The standard InChI is InChI=1S/C22H46O/c1-8-11-21(22(6,7)16-17-23)20(5)15-10-14-19(4)13-9-12-18(2)3/h18-21,23H,8-17H2,1-7H3. The molecule has 0 bridgehead atoms. The molecule has 0 aromatic carbocycles. The van der Waals surface area contributed by atoms with Gasteiger partial charge < -0.3 is 5.11 Å². The average Bonchev–Trinajstić information content (AvgIpc) is 2.43. The highest BCUT2D eigenvalue weighted by atomic mass is 16.3. The van der Waals surface area contributed by atoms with E-state index in [2.05, 4.69) is 48.5 Å². The molecule has 0 aliphatic carbocycles. The van der Waals surface area contributed by atoms with Crippen molar-refractivity contribution in [1.29, 1.82) is 0 Å². The number of rotatable bonds is 14. The lowest BCUT2D eigenvalue weighted by Crippen LogP contribution is -2.30. The molecule has 0 heterocycles. The predicted molar refractivity (Wildman–Crippen MR) is 105 cm³/mol. The van der Waals surface area contributed by atoms with E-state index in [1.54, 1.807) is 0 Å². The summed E-state index contributed by atoms with van der Waals surface area (Å²) in [5.74, 6) is 3.26. The fraction of sp³-hybridized carbons (Fsp3) is 1.00.